The summed E-state index contributed by atoms with van der Waals surface area (Å²) in [5, 5.41) is 4.24. The largest absolute Gasteiger partial charge is 0.354 e. The van der Waals surface area contributed by atoms with Crippen LogP contribution < -0.4 is 5.32 Å². The van der Waals surface area contributed by atoms with E-state index >= 15 is 0 Å². The Kier molecular flexibility index (Phi) is 5.16. The molecule has 2 aliphatic rings. The maximum atomic E-state index is 12.4. The van der Waals surface area contributed by atoms with Crippen molar-refractivity contribution in [3.8, 4) is 0 Å². The second-order valence-corrected chi connectivity index (χ2v) is 7.58. The van der Waals surface area contributed by atoms with Gasteiger partial charge in [-0.1, -0.05) is 29.3 Å². The average Bonchev–Trinajstić information content (AvgIpc) is 3.31. The molecule has 1 aliphatic heterocycles. The van der Waals surface area contributed by atoms with Crippen molar-refractivity contribution in [2.75, 3.05) is 40.3 Å². The van der Waals surface area contributed by atoms with Crippen LogP contribution in [0.1, 0.15) is 17.9 Å². The summed E-state index contributed by atoms with van der Waals surface area (Å²) in [5.41, 5.74) is 1.11. The lowest BCUT2D eigenvalue weighted by Gasteiger charge is -2.37. The number of likely N-dealkylation sites (N-methyl/N-ethyl adjacent to an activating group) is 2. The summed E-state index contributed by atoms with van der Waals surface area (Å²) in [6.45, 7) is 3.84. The Hall–Kier alpha value is -0.810. The Labute approximate surface area is 147 Å². The molecular weight excluding hydrogens is 333 g/mol. The molecule has 0 aromatic heterocycles. The first-order valence-corrected chi connectivity index (χ1v) is 8.82. The molecule has 1 heterocycles. The normalized spacial score (nSPS) is 28.6. The van der Waals surface area contributed by atoms with Crippen molar-refractivity contribution in [2.24, 2.45) is 5.92 Å². The van der Waals surface area contributed by atoms with E-state index in [1.807, 2.05) is 12.1 Å². The fourth-order valence-electron chi connectivity index (χ4n) is 3.27. The summed E-state index contributed by atoms with van der Waals surface area (Å²) in [4.78, 5) is 17.0. The molecule has 2 fully saturated rings. The molecule has 3 atom stereocenters. The zero-order valence-corrected chi connectivity index (χ0v) is 15.1. The standard InChI is InChI=1S/C17H23Cl2N3O/c1-21-5-6-22(2)12(10-21)9-20-17(23)14-8-13(14)11-3-4-15(18)16(19)7-11/h3-4,7,12-14H,5-6,8-10H2,1-2H3,(H,20,23). The second-order valence-electron chi connectivity index (χ2n) is 6.76. The first kappa shape index (κ1) is 17.0. The van der Waals surface area contributed by atoms with Gasteiger partial charge in [0, 0.05) is 38.1 Å². The van der Waals surface area contributed by atoms with Gasteiger partial charge in [0.25, 0.3) is 0 Å². The minimum atomic E-state index is 0.0684. The Morgan fingerprint density at radius 2 is 2.04 bits per heavy atom. The molecule has 1 amide bonds. The number of rotatable bonds is 4. The number of amides is 1. The van der Waals surface area contributed by atoms with Crippen molar-refractivity contribution in [1.82, 2.24) is 15.1 Å². The Balaban J connectivity index is 1.51. The summed E-state index contributed by atoms with van der Waals surface area (Å²) < 4.78 is 0. The number of hydrogen-bond acceptors (Lipinski definition) is 3. The SMILES string of the molecule is CN1CCN(C)C(CNC(=O)C2CC2c2ccc(Cl)c(Cl)c2)C1. The Morgan fingerprint density at radius 1 is 1.26 bits per heavy atom. The summed E-state index contributed by atoms with van der Waals surface area (Å²) in [6, 6.07) is 6.04. The predicted molar refractivity (Wildman–Crippen MR) is 94.2 cm³/mol. The molecule has 126 valence electrons. The van der Waals surface area contributed by atoms with Crippen LogP contribution >= 0.6 is 23.2 Å². The van der Waals surface area contributed by atoms with E-state index in [-0.39, 0.29) is 17.7 Å². The molecule has 6 heteroatoms. The molecule has 1 aliphatic carbocycles. The van der Waals surface area contributed by atoms with Gasteiger partial charge >= 0.3 is 0 Å². The third-order valence-electron chi connectivity index (χ3n) is 4.99. The van der Waals surface area contributed by atoms with Crippen molar-refractivity contribution in [3.05, 3.63) is 33.8 Å². The van der Waals surface area contributed by atoms with Crippen LogP contribution in [0.25, 0.3) is 0 Å². The highest BCUT2D eigenvalue weighted by molar-refractivity contribution is 6.42. The maximum Gasteiger partial charge on any atom is 0.223 e. The highest BCUT2D eigenvalue weighted by Crippen LogP contribution is 2.48. The van der Waals surface area contributed by atoms with E-state index in [0.29, 0.717) is 22.6 Å². The van der Waals surface area contributed by atoms with Crippen molar-refractivity contribution in [3.63, 3.8) is 0 Å². The molecule has 0 spiro atoms. The Bertz CT molecular complexity index is 595. The van der Waals surface area contributed by atoms with Crippen LogP contribution in [-0.4, -0.2) is 62.0 Å². The molecule has 1 saturated carbocycles. The van der Waals surface area contributed by atoms with E-state index in [1.54, 1.807) is 6.07 Å². The second kappa shape index (κ2) is 6.98. The van der Waals surface area contributed by atoms with Crippen LogP contribution in [0, 0.1) is 5.92 Å². The van der Waals surface area contributed by atoms with Crippen LogP contribution in [-0.2, 0) is 4.79 Å². The van der Waals surface area contributed by atoms with E-state index in [2.05, 4.69) is 29.2 Å². The third kappa shape index (κ3) is 4.00. The summed E-state index contributed by atoms with van der Waals surface area (Å²) in [7, 11) is 4.25. The molecule has 3 rings (SSSR count). The number of nitrogens with zero attached hydrogens (tertiary/aromatic N) is 2. The molecule has 1 saturated heterocycles. The van der Waals surface area contributed by atoms with Gasteiger partial charge in [-0.2, -0.15) is 0 Å². The zero-order chi connectivity index (χ0) is 16.6. The predicted octanol–water partition coefficient (Wildman–Crippen LogP) is 2.46. The van der Waals surface area contributed by atoms with Gasteiger partial charge in [-0.3, -0.25) is 9.69 Å². The van der Waals surface area contributed by atoms with Crippen LogP contribution in [0.5, 0.6) is 0 Å². The van der Waals surface area contributed by atoms with Gasteiger partial charge in [-0.05, 0) is 44.1 Å². The van der Waals surface area contributed by atoms with Crippen LogP contribution in [0.15, 0.2) is 18.2 Å². The van der Waals surface area contributed by atoms with E-state index in [4.69, 9.17) is 23.2 Å². The van der Waals surface area contributed by atoms with Gasteiger partial charge in [-0.15, -0.1) is 0 Å². The first-order chi connectivity index (χ1) is 11.0. The molecule has 23 heavy (non-hydrogen) atoms. The third-order valence-corrected chi connectivity index (χ3v) is 5.73. The van der Waals surface area contributed by atoms with E-state index < -0.39 is 0 Å². The van der Waals surface area contributed by atoms with E-state index in [1.165, 1.54) is 0 Å². The highest BCUT2D eigenvalue weighted by atomic mass is 35.5. The van der Waals surface area contributed by atoms with E-state index in [0.717, 1.165) is 31.6 Å². The van der Waals surface area contributed by atoms with Gasteiger partial charge in [0.05, 0.1) is 10.0 Å². The molecule has 1 aromatic carbocycles. The maximum absolute atomic E-state index is 12.4. The van der Waals surface area contributed by atoms with Crippen LogP contribution in [0.4, 0.5) is 0 Å². The monoisotopic (exact) mass is 355 g/mol. The van der Waals surface area contributed by atoms with Crippen LogP contribution in [0.2, 0.25) is 10.0 Å². The fourth-order valence-corrected chi connectivity index (χ4v) is 3.57. The van der Waals surface area contributed by atoms with Crippen molar-refractivity contribution >= 4 is 29.1 Å². The molecular formula is C17H23Cl2N3O. The molecule has 0 radical (unpaired) electrons. The highest BCUT2D eigenvalue weighted by Gasteiger charge is 2.44. The number of carbonyl (C=O) groups is 1. The summed E-state index contributed by atoms with van der Waals surface area (Å²) >= 11 is 12.0. The van der Waals surface area contributed by atoms with Gasteiger partial charge in [0.15, 0.2) is 0 Å². The van der Waals surface area contributed by atoms with Crippen molar-refractivity contribution in [1.29, 1.82) is 0 Å². The summed E-state index contributed by atoms with van der Waals surface area (Å²) in [5.74, 6) is 0.498. The smallest absolute Gasteiger partial charge is 0.223 e. The Morgan fingerprint density at radius 3 is 2.78 bits per heavy atom. The van der Waals surface area contributed by atoms with Crippen LogP contribution in [0.3, 0.4) is 0 Å². The summed E-state index contributed by atoms with van der Waals surface area (Å²) in [6.07, 6.45) is 0.893. The molecule has 1 aromatic rings. The number of hydrogen-bond donors (Lipinski definition) is 1. The van der Waals surface area contributed by atoms with Crippen molar-refractivity contribution in [2.45, 2.75) is 18.4 Å². The number of nitrogens with one attached hydrogen (secondary N) is 1. The molecule has 3 unspecified atom stereocenters. The topological polar surface area (TPSA) is 35.6 Å². The lowest BCUT2D eigenvalue weighted by Crippen LogP contribution is -2.54. The van der Waals surface area contributed by atoms with Gasteiger partial charge < -0.3 is 10.2 Å². The average molecular weight is 356 g/mol. The zero-order valence-electron chi connectivity index (χ0n) is 13.6. The molecule has 0 bridgehead atoms. The minimum Gasteiger partial charge on any atom is -0.354 e. The van der Waals surface area contributed by atoms with Crippen molar-refractivity contribution < 1.29 is 4.79 Å². The number of piperazine rings is 1. The van der Waals surface area contributed by atoms with E-state index in [9.17, 15) is 4.79 Å². The number of halogens is 2. The lowest BCUT2D eigenvalue weighted by atomic mass is 10.1. The lowest BCUT2D eigenvalue weighted by molar-refractivity contribution is -0.122. The van der Waals surface area contributed by atoms with Gasteiger partial charge in [0.1, 0.15) is 0 Å². The first-order valence-electron chi connectivity index (χ1n) is 8.07. The van der Waals surface area contributed by atoms with Gasteiger partial charge in [0.2, 0.25) is 5.91 Å². The molecule has 4 nitrogen and oxygen atoms in total. The minimum absolute atomic E-state index is 0.0684. The number of benzene rings is 1. The fraction of sp³-hybridized carbons (Fsp3) is 0.588. The number of carbonyl (C=O) groups excluding carboxylic acids is 1. The quantitative estimate of drug-likeness (QED) is 0.900. The van der Waals surface area contributed by atoms with Gasteiger partial charge in [-0.25, -0.2) is 0 Å². The molecule has 1 N–H and O–H groups in total.